The summed E-state index contributed by atoms with van der Waals surface area (Å²) in [5.74, 6) is -0.308. The molecule has 1 heterocycles. The molecule has 0 aliphatic rings. The Morgan fingerprint density at radius 1 is 1.35 bits per heavy atom. The number of hydrogen-bond donors (Lipinski definition) is 1. The lowest BCUT2D eigenvalue weighted by Crippen LogP contribution is -2.05. The van der Waals surface area contributed by atoms with Crippen LogP contribution < -0.4 is 0 Å². The predicted molar refractivity (Wildman–Crippen MR) is 63.4 cm³/mol. The maximum atomic E-state index is 13.7. The molecule has 2 aromatic rings. The quantitative estimate of drug-likeness (QED) is 0.882. The number of aromatic nitrogens is 2. The van der Waals surface area contributed by atoms with Gasteiger partial charge in [0.15, 0.2) is 0 Å². The van der Waals surface area contributed by atoms with Gasteiger partial charge in [0.2, 0.25) is 0 Å². The number of nitrogens with zero attached hydrogens (tertiary/aromatic N) is 2. The van der Waals surface area contributed by atoms with E-state index in [4.69, 9.17) is 0 Å². The molecule has 0 aliphatic carbocycles. The Bertz CT molecular complexity index is 508. The number of aliphatic hydroxyl groups excluding tert-OH is 1. The number of benzene rings is 1. The van der Waals surface area contributed by atoms with Crippen LogP contribution in [0.3, 0.4) is 0 Å². The van der Waals surface area contributed by atoms with E-state index in [1.165, 1.54) is 6.07 Å². The summed E-state index contributed by atoms with van der Waals surface area (Å²) in [6, 6.07) is 6.51. The van der Waals surface area contributed by atoms with Crippen LogP contribution in [-0.2, 0) is 13.0 Å². The van der Waals surface area contributed by atoms with E-state index in [1.807, 2.05) is 6.92 Å². The lowest BCUT2D eigenvalue weighted by molar-refractivity contribution is 0.280. The Morgan fingerprint density at radius 3 is 2.76 bits per heavy atom. The highest BCUT2D eigenvalue weighted by molar-refractivity contribution is 5.36. The molecule has 0 saturated carbocycles. The normalized spacial score (nSPS) is 10.8. The molecule has 17 heavy (non-hydrogen) atoms. The van der Waals surface area contributed by atoms with Crippen LogP contribution in [0.15, 0.2) is 30.5 Å². The fourth-order valence-electron chi connectivity index (χ4n) is 1.87. The van der Waals surface area contributed by atoms with Crippen LogP contribution in [0.4, 0.5) is 4.39 Å². The smallest absolute Gasteiger partial charge is 0.148 e. The summed E-state index contributed by atoms with van der Waals surface area (Å²) < 4.78 is 15.3. The number of rotatable bonds is 4. The zero-order chi connectivity index (χ0) is 12.3. The summed E-state index contributed by atoms with van der Waals surface area (Å²) in [5.41, 5.74) is 2.06. The number of aliphatic hydroxyl groups is 1. The molecule has 0 atom stereocenters. The van der Waals surface area contributed by atoms with Crippen molar-refractivity contribution in [2.45, 2.75) is 26.4 Å². The lowest BCUT2D eigenvalue weighted by Gasteiger charge is -2.08. The van der Waals surface area contributed by atoms with Gasteiger partial charge in [-0.05, 0) is 18.6 Å². The Balaban J connectivity index is 2.52. The highest BCUT2D eigenvalue weighted by atomic mass is 19.1. The minimum atomic E-state index is -0.308. The Hall–Kier alpha value is -1.68. The van der Waals surface area contributed by atoms with E-state index in [1.54, 1.807) is 29.1 Å². The molecule has 0 amide bonds. The minimum Gasteiger partial charge on any atom is -0.392 e. The van der Waals surface area contributed by atoms with Crippen molar-refractivity contribution in [3.63, 3.8) is 0 Å². The molecule has 0 unspecified atom stereocenters. The molecule has 1 aromatic carbocycles. The molecular formula is C13H15FN2O. The Kier molecular flexibility index (Phi) is 3.54. The van der Waals surface area contributed by atoms with E-state index >= 15 is 0 Å². The van der Waals surface area contributed by atoms with Crippen LogP contribution in [0.1, 0.15) is 24.6 Å². The fourth-order valence-corrected chi connectivity index (χ4v) is 1.87. The number of hydrogen-bond acceptors (Lipinski definition) is 2. The highest BCUT2D eigenvalue weighted by Gasteiger charge is 2.13. The molecule has 90 valence electrons. The van der Waals surface area contributed by atoms with Gasteiger partial charge in [-0.3, -0.25) is 0 Å². The van der Waals surface area contributed by atoms with Crippen molar-refractivity contribution in [3.05, 3.63) is 47.5 Å². The SMILES string of the molecule is CCCc1c(CO)cnn1-c1ccccc1F. The summed E-state index contributed by atoms with van der Waals surface area (Å²) in [4.78, 5) is 0. The second-order valence-corrected chi connectivity index (χ2v) is 3.89. The molecule has 1 N–H and O–H groups in total. The summed E-state index contributed by atoms with van der Waals surface area (Å²) in [7, 11) is 0. The molecule has 0 spiro atoms. The Labute approximate surface area is 99.5 Å². The van der Waals surface area contributed by atoms with Gasteiger partial charge in [-0.15, -0.1) is 0 Å². The van der Waals surface area contributed by atoms with E-state index in [0.717, 1.165) is 24.1 Å². The van der Waals surface area contributed by atoms with E-state index < -0.39 is 0 Å². The van der Waals surface area contributed by atoms with Gasteiger partial charge in [-0.25, -0.2) is 9.07 Å². The molecule has 1 aromatic heterocycles. The van der Waals surface area contributed by atoms with Gasteiger partial charge in [0.05, 0.1) is 12.8 Å². The molecule has 3 nitrogen and oxygen atoms in total. The summed E-state index contributed by atoms with van der Waals surface area (Å²) in [6.45, 7) is 1.98. The maximum Gasteiger partial charge on any atom is 0.148 e. The van der Waals surface area contributed by atoms with Crippen molar-refractivity contribution in [2.75, 3.05) is 0 Å². The average molecular weight is 234 g/mol. The second kappa shape index (κ2) is 5.10. The van der Waals surface area contributed by atoms with E-state index in [0.29, 0.717) is 5.69 Å². The third-order valence-electron chi connectivity index (χ3n) is 2.69. The van der Waals surface area contributed by atoms with Crippen LogP contribution in [-0.4, -0.2) is 14.9 Å². The predicted octanol–water partition coefficient (Wildman–Crippen LogP) is 2.46. The van der Waals surface area contributed by atoms with E-state index in [2.05, 4.69) is 5.10 Å². The third kappa shape index (κ3) is 2.22. The molecule has 0 bridgehead atoms. The lowest BCUT2D eigenvalue weighted by atomic mass is 10.1. The molecular weight excluding hydrogens is 219 g/mol. The Morgan fingerprint density at radius 2 is 2.12 bits per heavy atom. The first-order valence-electron chi connectivity index (χ1n) is 5.69. The first-order chi connectivity index (χ1) is 8.27. The first-order valence-corrected chi connectivity index (χ1v) is 5.69. The van der Waals surface area contributed by atoms with Crippen LogP contribution in [0.25, 0.3) is 5.69 Å². The van der Waals surface area contributed by atoms with Gasteiger partial charge in [0, 0.05) is 11.3 Å². The fraction of sp³-hybridized carbons (Fsp3) is 0.308. The van der Waals surface area contributed by atoms with Gasteiger partial charge in [0.1, 0.15) is 11.5 Å². The van der Waals surface area contributed by atoms with Gasteiger partial charge >= 0.3 is 0 Å². The first kappa shape index (κ1) is 11.8. The molecule has 4 heteroatoms. The number of halogens is 1. The zero-order valence-electron chi connectivity index (χ0n) is 9.73. The van der Waals surface area contributed by atoms with E-state index in [-0.39, 0.29) is 12.4 Å². The number of para-hydroxylation sites is 1. The van der Waals surface area contributed by atoms with Gasteiger partial charge in [-0.2, -0.15) is 5.10 Å². The van der Waals surface area contributed by atoms with Crippen molar-refractivity contribution in [1.82, 2.24) is 9.78 Å². The van der Waals surface area contributed by atoms with Crippen LogP contribution in [0.5, 0.6) is 0 Å². The molecule has 0 saturated heterocycles. The van der Waals surface area contributed by atoms with E-state index in [9.17, 15) is 9.50 Å². The summed E-state index contributed by atoms with van der Waals surface area (Å²) >= 11 is 0. The van der Waals surface area contributed by atoms with Crippen molar-refractivity contribution < 1.29 is 9.50 Å². The average Bonchev–Trinajstić information content (AvgIpc) is 2.73. The standard InChI is InChI=1S/C13H15FN2O/c1-2-5-12-10(9-17)8-15-16(12)13-7-4-3-6-11(13)14/h3-4,6-8,17H,2,5,9H2,1H3. The molecule has 2 rings (SSSR count). The summed E-state index contributed by atoms with van der Waals surface area (Å²) in [6.07, 6.45) is 3.29. The van der Waals surface area contributed by atoms with Crippen molar-refractivity contribution >= 4 is 0 Å². The largest absolute Gasteiger partial charge is 0.392 e. The monoisotopic (exact) mass is 234 g/mol. The summed E-state index contributed by atoms with van der Waals surface area (Å²) in [5, 5.41) is 13.4. The zero-order valence-corrected chi connectivity index (χ0v) is 9.73. The van der Waals surface area contributed by atoms with Crippen molar-refractivity contribution in [2.24, 2.45) is 0 Å². The molecule has 0 aliphatic heterocycles. The minimum absolute atomic E-state index is 0.0657. The highest BCUT2D eigenvalue weighted by Crippen LogP contribution is 2.19. The van der Waals surface area contributed by atoms with Crippen LogP contribution >= 0.6 is 0 Å². The second-order valence-electron chi connectivity index (χ2n) is 3.89. The van der Waals surface area contributed by atoms with Gasteiger partial charge < -0.3 is 5.11 Å². The maximum absolute atomic E-state index is 13.7. The van der Waals surface area contributed by atoms with Crippen LogP contribution in [0.2, 0.25) is 0 Å². The third-order valence-corrected chi connectivity index (χ3v) is 2.69. The molecule has 0 fully saturated rings. The van der Waals surface area contributed by atoms with Gasteiger partial charge in [-0.1, -0.05) is 25.5 Å². The molecule has 0 radical (unpaired) electrons. The van der Waals surface area contributed by atoms with Gasteiger partial charge in [0.25, 0.3) is 0 Å². The van der Waals surface area contributed by atoms with Crippen molar-refractivity contribution in [3.8, 4) is 5.69 Å². The van der Waals surface area contributed by atoms with Crippen molar-refractivity contribution in [1.29, 1.82) is 0 Å². The topological polar surface area (TPSA) is 38.1 Å². The van der Waals surface area contributed by atoms with Crippen LogP contribution in [0, 0.1) is 5.82 Å².